The summed E-state index contributed by atoms with van der Waals surface area (Å²) >= 11 is 0. The number of aryl methyl sites for hydroxylation is 2. The van der Waals surface area contributed by atoms with E-state index in [0.29, 0.717) is 18.7 Å². The van der Waals surface area contributed by atoms with E-state index in [1.165, 1.54) is 0 Å². The van der Waals surface area contributed by atoms with Gasteiger partial charge in [0.2, 0.25) is 5.91 Å². The van der Waals surface area contributed by atoms with Gasteiger partial charge < -0.3 is 15.5 Å². The van der Waals surface area contributed by atoms with Gasteiger partial charge in [-0.15, -0.1) is 0 Å². The van der Waals surface area contributed by atoms with Crippen LogP contribution < -0.4 is 15.5 Å². The van der Waals surface area contributed by atoms with Gasteiger partial charge in [-0.3, -0.25) is 9.89 Å². The fourth-order valence-electron chi connectivity index (χ4n) is 2.83. The van der Waals surface area contributed by atoms with Crippen molar-refractivity contribution in [2.45, 2.75) is 33.2 Å². The van der Waals surface area contributed by atoms with Crippen LogP contribution in [0.5, 0.6) is 0 Å². The molecule has 1 aliphatic heterocycles. The van der Waals surface area contributed by atoms with Gasteiger partial charge in [-0.1, -0.05) is 12.1 Å². The second kappa shape index (κ2) is 6.74. The Hall–Kier alpha value is -2.83. The highest BCUT2D eigenvalue weighted by molar-refractivity contribution is 5.95. The fraction of sp³-hybridized carbons (Fsp3) is 0.353. The number of H-pyrrole nitrogens is 1. The van der Waals surface area contributed by atoms with E-state index in [1.54, 1.807) is 4.90 Å². The van der Waals surface area contributed by atoms with Crippen molar-refractivity contribution in [3.8, 4) is 0 Å². The smallest absolute Gasteiger partial charge is 0.319 e. The highest BCUT2D eigenvalue weighted by atomic mass is 16.2. The zero-order valence-corrected chi connectivity index (χ0v) is 13.8. The van der Waals surface area contributed by atoms with Crippen LogP contribution in [0.1, 0.15) is 29.8 Å². The minimum atomic E-state index is -0.287. The first-order valence-corrected chi connectivity index (χ1v) is 8.00. The number of hydrogen-bond donors (Lipinski definition) is 3. The zero-order valence-electron chi connectivity index (χ0n) is 13.8. The number of urea groups is 1. The number of anilines is 2. The molecular weight excluding hydrogens is 306 g/mol. The molecule has 0 unspecified atom stereocenters. The van der Waals surface area contributed by atoms with Crippen molar-refractivity contribution in [2.24, 2.45) is 0 Å². The number of aromatic nitrogens is 2. The van der Waals surface area contributed by atoms with Gasteiger partial charge >= 0.3 is 6.03 Å². The standard InChI is InChI=1S/C17H21N5O2/c1-11-16(12(2)21-20-11)19-17(24)18-10-13-5-3-6-14(9-13)22-8-4-7-15(22)23/h3,5-6,9H,4,7-8,10H2,1-2H3,(H,20,21)(H2,18,19,24). The van der Waals surface area contributed by atoms with Crippen molar-refractivity contribution >= 4 is 23.3 Å². The molecule has 3 rings (SSSR count). The number of carbonyl (C=O) groups excluding carboxylic acids is 2. The molecule has 0 saturated carbocycles. The van der Waals surface area contributed by atoms with E-state index in [0.717, 1.165) is 35.6 Å². The highest BCUT2D eigenvalue weighted by Gasteiger charge is 2.21. The van der Waals surface area contributed by atoms with Gasteiger partial charge in [0.25, 0.3) is 0 Å². The van der Waals surface area contributed by atoms with E-state index < -0.39 is 0 Å². The zero-order chi connectivity index (χ0) is 17.1. The molecule has 1 fully saturated rings. The van der Waals surface area contributed by atoms with Gasteiger partial charge in [-0.25, -0.2) is 4.79 Å². The average Bonchev–Trinajstić information content (AvgIpc) is 3.14. The molecule has 0 bridgehead atoms. The van der Waals surface area contributed by atoms with Crippen LogP contribution in [0.25, 0.3) is 0 Å². The lowest BCUT2D eigenvalue weighted by Gasteiger charge is -2.16. The maximum Gasteiger partial charge on any atom is 0.319 e. The summed E-state index contributed by atoms with van der Waals surface area (Å²) in [5.74, 6) is 0.156. The van der Waals surface area contributed by atoms with Crippen molar-refractivity contribution in [3.05, 3.63) is 41.2 Å². The van der Waals surface area contributed by atoms with E-state index >= 15 is 0 Å². The summed E-state index contributed by atoms with van der Waals surface area (Å²) in [5, 5.41) is 12.5. The second-order valence-electron chi connectivity index (χ2n) is 5.94. The van der Waals surface area contributed by atoms with Crippen LogP contribution in [0.4, 0.5) is 16.2 Å². The molecule has 2 aromatic rings. The van der Waals surface area contributed by atoms with E-state index in [2.05, 4.69) is 20.8 Å². The first-order valence-electron chi connectivity index (χ1n) is 8.00. The van der Waals surface area contributed by atoms with Crippen molar-refractivity contribution in [1.82, 2.24) is 15.5 Å². The summed E-state index contributed by atoms with van der Waals surface area (Å²) in [6.07, 6.45) is 1.50. The third-order valence-electron chi connectivity index (χ3n) is 4.12. The summed E-state index contributed by atoms with van der Waals surface area (Å²) in [6.45, 7) is 4.83. The number of benzene rings is 1. The van der Waals surface area contributed by atoms with Crippen LogP contribution in [-0.4, -0.2) is 28.7 Å². The summed E-state index contributed by atoms with van der Waals surface area (Å²) in [4.78, 5) is 25.7. The average molecular weight is 327 g/mol. The summed E-state index contributed by atoms with van der Waals surface area (Å²) < 4.78 is 0. The van der Waals surface area contributed by atoms with Crippen LogP contribution in [-0.2, 0) is 11.3 Å². The SMILES string of the molecule is Cc1n[nH]c(C)c1NC(=O)NCc1cccc(N2CCCC2=O)c1. The van der Waals surface area contributed by atoms with E-state index in [9.17, 15) is 9.59 Å². The molecule has 2 heterocycles. The summed E-state index contributed by atoms with van der Waals surface area (Å²) in [5.41, 5.74) is 4.10. The number of aromatic amines is 1. The van der Waals surface area contributed by atoms with Crippen molar-refractivity contribution in [3.63, 3.8) is 0 Å². The molecular formula is C17H21N5O2. The highest BCUT2D eigenvalue weighted by Crippen LogP contribution is 2.22. The molecule has 3 N–H and O–H groups in total. The lowest BCUT2D eigenvalue weighted by molar-refractivity contribution is -0.117. The van der Waals surface area contributed by atoms with E-state index in [4.69, 9.17) is 0 Å². The van der Waals surface area contributed by atoms with Crippen LogP contribution in [0.15, 0.2) is 24.3 Å². The van der Waals surface area contributed by atoms with Crippen molar-refractivity contribution in [2.75, 3.05) is 16.8 Å². The van der Waals surface area contributed by atoms with Crippen LogP contribution in [0.2, 0.25) is 0 Å². The minimum absolute atomic E-state index is 0.156. The van der Waals surface area contributed by atoms with Crippen LogP contribution >= 0.6 is 0 Å². The monoisotopic (exact) mass is 327 g/mol. The molecule has 1 saturated heterocycles. The molecule has 1 aromatic heterocycles. The Morgan fingerprint density at radius 2 is 2.21 bits per heavy atom. The van der Waals surface area contributed by atoms with Crippen LogP contribution in [0.3, 0.4) is 0 Å². The maximum atomic E-state index is 12.1. The topological polar surface area (TPSA) is 90.1 Å². The first-order chi connectivity index (χ1) is 11.5. The number of carbonyl (C=O) groups is 2. The Labute approximate surface area is 140 Å². The van der Waals surface area contributed by atoms with Gasteiger partial charge in [0.05, 0.1) is 17.1 Å². The van der Waals surface area contributed by atoms with Gasteiger partial charge in [0, 0.05) is 25.2 Å². The molecule has 126 valence electrons. The van der Waals surface area contributed by atoms with E-state index in [-0.39, 0.29) is 11.9 Å². The molecule has 0 aliphatic carbocycles. The predicted octanol–water partition coefficient (Wildman–Crippen LogP) is 2.48. The molecule has 1 aliphatic rings. The number of hydrogen-bond acceptors (Lipinski definition) is 3. The molecule has 7 heteroatoms. The third kappa shape index (κ3) is 3.40. The van der Waals surface area contributed by atoms with Gasteiger partial charge in [-0.05, 0) is 38.0 Å². The Bertz CT molecular complexity index is 749. The van der Waals surface area contributed by atoms with Gasteiger partial charge in [-0.2, -0.15) is 5.10 Å². The molecule has 0 radical (unpaired) electrons. The lowest BCUT2D eigenvalue weighted by atomic mass is 10.2. The quantitative estimate of drug-likeness (QED) is 0.806. The molecule has 0 atom stereocenters. The molecule has 24 heavy (non-hydrogen) atoms. The maximum absolute atomic E-state index is 12.1. The Morgan fingerprint density at radius 3 is 2.88 bits per heavy atom. The summed E-state index contributed by atoms with van der Waals surface area (Å²) in [7, 11) is 0. The Morgan fingerprint density at radius 1 is 1.38 bits per heavy atom. The fourth-order valence-corrected chi connectivity index (χ4v) is 2.83. The molecule has 3 amide bonds. The normalized spacial score (nSPS) is 14.1. The second-order valence-corrected chi connectivity index (χ2v) is 5.94. The molecule has 0 spiro atoms. The number of nitrogens with one attached hydrogen (secondary N) is 3. The Kier molecular flexibility index (Phi) is 4.50. The lowest BCUT2D eigenvalue weighted by Crippen LogP contribution is -2.29. The molecule has 1 aromatic carbocycles. The van der Waals surface area contributed by atoms with E-state index in [1.807, 2.05) is 38.1 Å². The number of nitrogens with zero attached hydrogens (tertiary/aromatic N) is 2. The van der Waals surface area contributed by atoms with Crippen molar-refractivity contribution < 1.29 is 9.59 Å². The number of rotatable bonds is 4. The van der Waals surface area contributed by atoms with Gasteiger partial charge in [0.1, 0.15) is 0 Å². The van der Waals surface area contributed by atoms with Crippen molar-refractivity contribution in [1.29, 1.82) is 0 Å². The Balaban J connectivity index is 1.60. The summed E-state index contributed by atoms with van der Waals surface area (Å²) in [6, 6.07) is 7.41. The number of amides is 3. The van der Waals surface area contributed by atoms with Gasteiger partial charge in [0.15, 0.2) is 0 Å². The largest absolute Gasteiger partial charge is 0.334 e. The third-order valence-corrected chi connectivity index (χ3v) is 4.12. The predicted molar refractivity (Wildman–Crippen MR) is 91.9 cm³/mol. The van der Waals surface area contributed by atoms with Crippen LogP contribution in [0, 0.1) is 13.8 Å². The minimum Gasteiger partial charge on any atom is -0.334 e. The molecule has 7 nitrogen and oxygen atoms in total. The first kappa shape index (κ1) is 16.0.